The standard InChI is InChI=1S/C18H19N3O2/c1-21(2)17-15(4-3-11-19-17)18(23)20-14-9-7-13(8-10-14)16(22)12-5-6-12/h3-4,7-12H,5-6H2,1-2H3,(H,20,23). The molecule has 1 saturated carbocycles. The van der Waals surface area contributed by atoms with E-state index in [4.69, 9.17) is 0 Å². The van der Waals surface area contributed by atoms with E-state index in [-0.39, 0.29) is 17.6 Å². The molecule has 1 aliphatic rings. The van der Waals surface area contributed by atoms with Gasteiger partial charge >= 0.3 is 0 Å². The van der Waals surface area contributed by atoms with Crippen LogP contribution in [0, 0.1) is 5.92 Å². The zero-order chi connectivity index (χ0) is 16.4. The number of pyridine rings is 1. The van der Waals surface area contributed by atoms with E-state index in [1.54, 1.807) is 47.5 Å². The first-order valence-corrected chi connectivity index (χ1v) is 7.64. The van der Waals surface area contributed by atoms with Crippen molar-refractivity contribution in [2.24, 2.45) is 5.92 Å². The largest absolute Gasteiger partial charge is 0.362 e. The highest BCUT2D eigenvalue weighted by Crippen LogP contribution is 2.32. The minimum absolute atomic E-state index is 0.199. The second-order valence-electron chi connectivity index (χ2n) is 5.94. The Balaban J connectivity index is 1.74. The molecule has 1 aromatic carbocycles. The van der Waals surface area contributed by atoms with E-state index in [1.165, 1.54) is 0 Å². The molecule has 5 heteroatoms. The third-order valence-corrected chi connectivity index (χ3v) is 3.83. The lowest BCUT2D eigenvalue weighted by Gasteiger charge is -2.15. The van der Waals surface area contributed by atoms with Crippen molar-refractivity contribution in [1.29, 1.82) is 0 Å². The van der Waals surface area contributed by atoms with Crippen molar-refractivity contribution in [3.63, 3.8) is 0 Å². The normalized spacial score (nSPS) is 13.5. The third kappa shape index (κ3) is 3.39. The molecule has 23 heavy (non-hydrogen) atoms. The molecule has 0 bridgehead atoms. The Morgan fingerprint density at radius 2 is 1.83 bits per heavy atom. The van der Waals surface area contributed by atoms with E-state index in [0.29, 0.717) is 22.6 Å². The minimum atomic E-state index is -0.219. The number of hydrogen-bond acceptors (Lipinski definition) is 4. The third-order valence-electron chi connectivity index (χ3n) is 3.83. The highest BCUT2D eigenvalue weighted by atomic mass is 16.1. The van der Waals surface area contributed by atoms with Crippen molar-refractivity contribution in [3.8, 4) is 0 Å². The molecule has 1 aromatic heterocycles. The summed E-state index contributed by atoms with van der Waals surface area (Å²) in [6.45, 7) is 0. The second-order valence-corrected chi connectivity index (χ2v) is 5.94. The number of rotatable bonds is 5. The average molecular weight is 309 g/mol. The first-order chi connectivity index (χ1) is 11.1. The predicted octanol–water partition coefficient (Wildman–Crippen LogP) is 2.99. The van der Waals surface area contributed by atoms with Crippen LogP contribution in [0.2, 0.25) is 0 Å². The van der Waals surface area contributed by atoms with Crippen molar-refractivity contribution in [2.45, 2.75) is 12.8 Å². The van der Waals surface area contributed by atoms with E-state index in [2.05, 4.69) is 10.3 Å². The van der Waals surface area contributed by atoms with Gasteiger partial charge < -0.3 is 10.2 Å². The summed E-state index contributed by atoms with van der Waals surface area (Å²) in [6.07, 6.45) is 3.64. The molecule has 0 aliphatic heterocycles. The number of nitrogens with zero attached hydrogens (tertiary/aromatic N) is 2. The van der Waals surface area contributed by atoms with Crippen LogP contribution in [0.1, 0.15) is 33.6 Å². The van der Waals surface area contributed by atoms with Crippen LogP contribution in [0.25, 0.3) is 0 Å². The summed E-state index contributed by atoms with van der Waals surface area (Å²) in [5, 5.41) is 2.85. The Hall–Kier alpha value is -2.69. The van der Waals surface area contributed by atoms with Gasteiger partial charge in [0, 0.05) is 37.5 Å². The van der Waals surface area contributed by atoms with Gasteiger partial charge in [0.1, 0.15) is 5.82 Å². The van der Waals surface area contributed by atoms with E-state index in [1.807, 2.05) is 14.1 Å². The fraction of sp³-hybridized carbons (Fsp3) is 0.278. The molecule has 0 unspecified atom stereocenters. The zero-order valence-corrected chi connectivity index (χ0v) is 13.2. The summed E-state index contributed by atoms with van der Waals surface area (Å²) in [5.74, 6) is 0.798. The minimum Gasteiger partial charge on any atom is -0.362 e. The van der Waals surface area contributed by atoms with Gasteiger partial charge in [-0.2, -0.15) is 0 Å². The van der Waals surface area contributed by atoms with Gasteiger partial charge in [-0.25, -0.2) is 4.98 Å². The maximum absolute atomic E-state index is 12.4. The van der Waals surface area contributed by atoms with E-state index >= 15 is 0 Å². The number of carbonyl (C=O) groups excluding carboxylic acids is 2. The molecule has 1 fully saturated rings. The molecule has 1 aliphatic carbocycles. The molecule has 0 radical (unpaired) electrons. The van der Waals surface area contributed by atoms with Gasteiger partial charge in [0.15, 0.2) is 5.78 Å². The molecular weight excluding hydrogens is 290 g/mol. The lowest BCUT2D eigenvalue weighted by molar-refractivity contribution is 0.0967. The van der Waals surface area contributed by atoms with Gasteiger partial charge in [0.05, 0.1) is 5.56 Å². The van der Waals surface area contributed by atoms with Crippen molar-refractivity contribution in [1.82, 2.24) is 4.98 Å². The number of nitrogens with one attached hydrogen (secondary N) is 1. The maximum Gasteiger partial charge on any atom is 0.259 e. The molecule has 3 rings (SSSR count). The van der Waals surface area contributed by atoms with Crippen molar-refractivity contribution >= 4 is 23.2 Å². The number of aromatic nitrogens is 1. The molecular formula is C18H19N3O2. The smallest absolute Gasteiger partial charge is 0.259 e. The Morgan fingerprint density at radius 1 is 1.13 bits per heavy atom. The molecule has 0 atom stereocenters. The SMILES string of the molecule is CN(C)c1ncccc1C(=O)Nc1ccc(C(=O)C2CC2)cc1. The van der Waals surface area contributed by atoms with Crippen LogP contribution in [0.5, 0.6) is 0 Å². The quantitative estimate of drug-likeness (QED) is 0.863. The van der Waals surface area contributed by atoms with E-state index in [0.717, 1.165) is 12.8 Å². The van der Waals surface area contributed by atoms with Crippen molar-refractivity contribution < 1.29 is 9.59 Å². The summed E-state index contributed by atoms with van der Waals surface area (Å²) >= 11 is 0. The summed E-state index contributed by atoms with van der Waals surface area (Å²) in [4.78, 5) is 30.4. The average Bonchev–Trinajstić information content (AvgIpc) is 3.39. The maximum atomic E-state index is 12.4. The molecule has 2 aromatic rings. The van der Waals surface area contributed by atoms with Crippen LogP contribution in [0.3, 0.4) is 0 Å². The van der Waals surface area contributed by atoms with Crippen LogP contribution in [0.15, 0.2) is 42.6 Å². The van der Waals surface area contributed by atoms with Crippen LogP contribution in [0.4, 0.5) is 11.5 Å². The summed E-state index contributed by atoms with van der Waals surface area (Å²) in [5.41, 5.74) is 1.88. The molecule has 1 N–H and O–H groups in total. The Labute approximate surface area is 135 Å². The van der Waals surface area contributed by atoms with Gasteiger partial charge in [0.25, 0.3) is 5.91 Å². The summed E-state index contributed by atoms with van der Waals surface area (Å²) in [6, 6.07) is 10.5. The van der Waals surface area contributed by atoms with Crippen molar-refractivity contribution in [3.05, 3.63) is 53.7 Å². The van der Waals surface area contributed by atoms with Gasteiger partial charge in [-0.1, -0.05) is 0 Å². The lowest BCUT2D eigenvalue weighted by Crippen LogP contribution is -2.19. The van der Waals surface area contributed by atoms with Crippen LogP contribution >= 0.6 is 0 Å². The monoisotopic (exact) mass is 309 g/mol. The molecule has 0 saturated heterocycles. The summed E-state index contributed by atoms with van der Waals surface area (Å²) in [7, 11) is 3.69. The van der Waals surface area contributed by atoms with Crippen LogP contribution in [-0.2, 0) is 0 Å². The van der Waals surface area contributed by atoms with Crippen LogP contribution < -0.4 is 10.2 Å². The first kappa shape index (κ1) is 15.2. The zero-order valence-electron chi connectivity index (χ0n) is 13.2. The highest BCUT2D eigenvalue weighted by Gasteiger charge is 2.30. The Kier molecular flexibility index (Phi) is 4.10. The number of anilines is 2. The lowest BCUT2D eigenvalue weighted by atomic mass is 10.1. The molecule has 1 amide bonds. The Morgan fingerprint density at radius 3 is 2.43 bits per heavy atom. The number of amides is 1. The highest BCUT2D eigenvalue weighted by molar-refractivity contribution is 6.07. The van der Waals surface area contributed by atoms with Gasteiger partial charge in [-0.3, -0.25) is 9.59 Å². The number of benzene rings is 1. The number of hydrogen-bond donors (Lipinski definition) is 1. The molecule has 0 spiro atoms. The number of ketones is 1. The fourth-order valence-corrected chi connectivity index (χ4v) is 2.43. The van der Waals surface area contributed by atoms with E-state index < -0.39 is 0 Å². The van der Waals surface area contributed by atoms with Gasteiger partial charge in [0.2, 0.25) is 0 Å². The molecule has 1 heterocycles. The Bertz CT molecular complexity index is 734. The number of Topliss-reactive ketones (excluding diaryl/α,β-unsaturated/α-hetero) is 1. The van der Waals surface area contributed by atoms with E-state index in [9.17, 15) is 9.59 Å². The number of carbonyl (C=O) groups is 2. The molecule has 118 valence electrons. The fourth-order valence-electron chi connectivity index (χ4n) is 2.43. The van der Waals surface area contributed by atoms with Gasteiger partial charge in [-0.15, -0.1) is 0 Å². The summed E-state index contributed by atoms with van der Waals surface area (Å²) < 4.78 is 0. The topological polar surface area (TPSA) is 62.3 Å². The predicted molar refractivity (Wildman–Crippen MR) is 90.0 cm³/mol. The van der Waals surface area contributed by atoms with Gasteiger partial charge in [-0.05, 0) is 49.2 Å². The first-order valence-electron chi connectivity index (χ1n) is 7.64. The van der Waals surface area contributed by atoms with Crippen molar-refractivity contribution in [2.75, 3.05) is 24.3 Å². The van der Waals surface area contributed by atoms with Crippen LogP contribution in [-0.4, -0.2) is 30.8 Å². The second kappa shape index (κ2) is 6.20. The molecule has 5 nitrogen and oxygen atoms in total.